The van der Waals surface area contributed by atoms with Crippen molar-refractivity contribution in [2.75, 3.05) is 12.3 Å². The molecule has 1 N–H and O–H groups in total. The molecular weight excluding hydrogens is 280 g/mol. The molecule has 7 heteroatoms. The number of hydrogen-bond donors (Lipinski definition) is 1. The molecule has 0 saturated carbocycles. The fourth-order valence-corrected chi connectivity index (χ4v) is 2.38. The third kappa shape index (κ3) is 4.41. The number of nitro benzene ring substituents is 1. The molecule has 1 aromatic rings. The van der Waals surface area contributed by atoms with E-state index in [1.165, 1.54) is 18.2 Å². The third-order valence-corrected chi connectivity index (χ3v) is 4.54. The molecule has 6 nitrogen and oxygen atoms in total. The zero-order valence-corrected chi connectivity index (χ0v) is 12.5. The smallest absolute Gasteiger partial charge is 0.282 e. The zero-order chi connectivity index (χ0) is 15.3. The van der Waals surface area contributed by atoms with Crippen LogP contribution in [0.15, 0.2) is 24.3 Å². The van der Waals surface area contributed by atoms with E-state index < -0.39 is 21.6 Å². The number of hydrogen-bond acceptors (Lipinski definition) is 4. The number of nitro groups is 1. The van der Waals surface area contributed by atoms with Crippen molar-refractivity contribution >= 4 is 22.4 Å². The van der Waals surface area contributed by atoms with Gasteiger partial charge in [0, 0.05) is 33.9 Å². The number of carbonyl (C=O) groups excluding carboxylic acids is 1. The highest BCUT2D eigenvalue weighted by molar-refractivity contribution is 7.86. The van der Waals surface area contributed by atoms with Crippen LogP contribution in [0, 0.1) is 10.1 Å². The Morgan fingerprint density at radius 1 is 1.35 bits per heavy atom. The summed E-state index contributed by atoms with van der Waals surface area (Å²) in [5, 5.41) is 13.4. The lowest BCUT2D eigenvalue weighted by atomic mass is 10.1. The fourth-order valence-electron chi connectivity index (χ4n) is 1.48. The molecule has 0 radical (unpaired) electrons. The maximum atomic E-state index is 11.9. The minimum absolute atomic E-state index is 0.0130. The van der Waals surface area contributed by atoms with Gasteiger partial charge < -0.3 is 5.32 Å². The van der Waals surface area contributed by atoms with E-state index in [1.54, 1.807) is 6.07 Å². The monoisotopic (exact) mass is 298 g/mol. The van der Waals surface area contributed by atoms with E-state index in [0.29, 0.717) is 5.75 Å². The lowest BCUT2D eigenvalue weighted by Crippen LogP contribution is -2.32. The lowest BCUT2D eigenvalue weighted by Gasteiger charge is -2.17. The average molecular weight is 298 g/mol. The van der Waals surface area contributed by atoms with Crippen molar-refractivity contribution in [3.05, 3.63) is 39.9 Å². The maximum Gasteiger partial charge on any atom is 0.282 e. The summed E-state index contributed by atoms with van der Waals surface area (Å²) in [5.41, 5.74) is -0.221. The van der Waals surface area contributed by atoms with E-state index in [1.807, 2.05) is 20.8 Å². The number of benzene rings is 1. The molecule has 0 aliphatic rings. The minimum atomic E-state index is -1.07. The highest BCUT2D eigenvalue weighted by Gasteiger charge is 2.21. The Morgan fingerprint density at radius 3 is 2.50 bits per heavy atom. The second kappa shape index (κ2) is 6.60. The van der Waals surface area contributed by atoms with Crippen molar-refractivity contribution in [3.63, 3.8) is 0 Å². The normalized spacial score (nSPS) is 12.8. The Kier molecular flexibility index (Phi) is 5.38. The number of nitrogens with one attached hydrogen (secondary N) is 1. The van der Waals surface area contributed by atoms with Crippen LogP contribution in [0.25, 0.3) is 0 Å². The molecular formula is C13H18N2O4S. The molecule has 0 spiro atoms. The zero-order valence-electron chi connectivity index (χ0n) is 11.7. The molecule has 1 aromatic carbocycles. The first-order valence-electron chi connectivity index (χ1n) is 6.13. The summed E-state index contributed by atoms with van der Waals surface area (Å²) in [6.07, 6.45) is 0. The molecule has 0 unspecified atom stereocenters. The Labute approximate surface area is 120 Å². The van der Waals surface area contributed by atoms with Crippen molar-refractivity contribution in [2.45, 2.75) is 25.5 Å². The molecule has 0 bridgehead atoms. The van der Waals surface area contributed by atoms with Gasteiger partial charge in [0.1, 0.15) is 5.56 Å². The van der Waals surface area contributed by atoms with Crippen molar-refractivity contribution in [1.82, 2.24) is 5.32 Å². The van der Waals surface area contributed by atoms with Crippen LogP contribution < -0.4 is 5.32 Å². The van der Waals surface area contributed by atoms with Crippen LogP contribution in [0.4, 0.5) is 5.69 Å². The van der Waals surface area contributed by atoms with Crippen LogP contribution in [0.3, 0.4) is 0 Å². The number of rotatable bonds is 5. The first-order valence-corrected chi connectivity index (χ1v) is 7.45. The SMILES string of the molecule is CC(C)(C)[S@@](=O)CCNC(=O)c1ccccc1[N+](=O)[O-]. The van der Waals surface area contributed by atoms with E-state index in [-0.39, 0.29) is 22.5 Å². The molecule has 1 rings (SSSR count). The second-order valence-electron chi connectivity index (χ2n) is 5.19. The third-order valence-electron chi connectivity index (χ3n) is 2.60. The van der Waals surface area contributed by atoms with Gasteiger partial charge in [-0.3, -0.25) is 19.1 Å². The van der Waals surface area contributed by atoms with Gasteiger partial charge in [-0.1, -0.05) is 12.1 Å². The van der Waals surface area contributed by atoms with Gasteiger partial charge in [0.15, 0.2) is 0 Å². The van der Waals surface area contributed by atoms with Crippen molar-refractivity contribution in [3.8, 4) is 0 Å². The molecule has 0 aromatic heterocycles. The number of carbonyl (C=O) groups is 1. The fraction of sp³-hybridized carbons (Fsp3) is 0.462. The van der Waals surface area contributed by atoms with Gasteiger partial charge in [0.2, 0.25) is 0 Å². The van der Waals surface area contributed by atoms with Crippen LogP contribution in [0.5, 0.6) is 0 Å². The van der Waals surface area contributed by atoms with Gasteiger partial charge in [0.05, 0.1) is 4.92 Å². The second-order valence-corrected chi connectivity index (χ2v) is 7.52. The highest BCUT2D eigenvalue weighted by atomic mass is 32.2. The summed E-state index contributed by atoms with van der Waals surface area (Å²) < 4.78 is 11.5. The molecule has 1 amide bonds. The largest absolute Gasteiger partial charge is 0.351 e. The minimum Gasteiger partial charge on any atom is -0.351 e. The standard InChI is InChI=1S/C13H18N2O4S/c1-13(2,3)20(19)9-8-14-12(16)10-6-4-5-7-11(10)15(17)18/h4-7H,8-9H2,1-3H3,(H,14,16)/t20-/m0/s1. The number of amides is 1. The Balaban J connectivity index is 2.65. The Bertz CT molecular complexity index is 537. The van der Waals surface area contributed by atoms with Crippen molar-refractivity contribution < 1.29 is 13.9 Å². The summed E-state index contributed by atoms with van der Waals surface area (Å²) in [5.74, 6) is -0.209. The topological polar surface area (TPSA) is 89.3 Å². The van der Waals surface area contributed by atoms with E-state index >= 15 is 0 Å². The number of nitrogens with zero attached hydrogens (tertiary/aromatic N) is 1. The number of para-hydroxylation sites is 1. The summed E-state index contributed by atoms with van der Waals surface area (Å²) >= 11 is 0. The van der Waals surface area contributed by atoms with Crippen LogP contribution >= 0.6 is 0 Å². The summed E-state index contributed by atoms with van der Waals surface area (Å²) in [6.45, 7) is 5.78. The molecule has 1 atom stereocenters. The molecule has 110 valence electrons. The quantitative estimate of drug-likeness (QED) is 0.664. The first-order chi connectivity index (χ1) is 9.23. The van der Waals surface area contributed by atoms with Crippen LogP contribution in [0.1, 0.15) is 31.1 Å². The molecule has 0 aliphatic carbocycles. The van der Waals surface area contributed by atoms with Gasteiger partial charge in [-0.25, -0.2) is 0 Å². The first kappa shape index (κ1) is 16.3. The van der Waals surface area contributed by atoms with Crippen LogP contribution in [-0.2, 0) is 10.8 Å². The summed E-state index contributed by atoms with van der Waals surface area (Å²) in [7, 11) is -1.07. The molecule has 0 aliphatic heterocycles. The van der Waals surface area contributed by atoms with Gasteiger partial charge in [-0.15, -0.1) is 0 Å². The lowest BCUT2D eigenvalue weighted by molar-refractivity contribution is -0.385. The van der Waals surface area contributed by atoms with E-state index in [9.17, 15) is 19.1 Å². The summed E-state index contributed by atoms with van der Waals surface area (Å²) in [4.78, 5) is 22.1. The van der Waals surface area contributed by atoms with Gasteiger partial charge in [0.25, 0.3) is 11.6 Å². The van der Waals surface area contributed by atoms with E-state index in [0.717, 1.165) is 0 Å². The maximum absolute atomic E-state index is 11.9. The average Bonchev–Trinajstić information content (AvgIpc) is 2.37. The summed E-state index contributed by atoms with van der Waals surface area (Å²) in [6, 6.07) is 5.75. The van der Waals surface area contributed by atoms with Gasteiger partial charge in [-0.05, 0) is 26.8 Å². The molecule has 20 heavy (non-hydrogen) atoms. The van der Waals surface area contributed by atoms with Crippen molar-refractivity contribution in [2.24, 2.45) is 0 Å². The van der Waals surface area contributed by atoms with Crippen LogP contribution in [0.2, 0.25) is 0 Å². The Morgan fingerprint density at radius 2 is 1.95 bits per heavy atom. The van der Waals surface area contributed by atoms with E-state index in [2.05, 4.69) is 5.32 Å². The van der Waals surface area contributed by atoms with Crippen LogP contribution in [-0.4, -0.2) is 32.1 Å². The molecule has 0 saturated heterocycles. The van der Waals surface area contributed by atoms with E-state index in [4.69, 9.17) is 0 Å². The Hall–Kier alpha value is -1.76. The molecule has 0 heterocycles. The van der Waals surface area contributed by atoms with Gasteiger partial charge >= 0.3 is 0 Å². The van der Waals surface area contributed by atoms with Gasteiger partial charge in [-0.2, -0.15) is 0 Å². The molecule has 0 fully saturated rings. The van der Waals surface area contributed by atoms with Crippen molar-refractivity contribution in [1.29, 1.82) is 0 Å². The predicted molar refractivity (Wildman–Crippen MR) is 78.2 cm³/mol. The highest BCUT2D eigenvalue weighted by Crippen LogP contribution is 2.17. The predicted octanol–water partition coefficient (Wildman–Crippen LogP) is 1.87.